The molecule has 1 aromatic heterocycles. The predicted octanol–water partition coefficient (Wildman–Crippen LogP) is 2.77. The Morgan fingerprint density at radius 1 is 1.21 bits per heavy atom. The van der Waals surface area contributed by atoms with E-state index in [1.54, 1.807) is 31.2 Å². The van der Waals surface area contributed by atoms with Gasteiger partial charge in [0.05, 0.1) is 15.5 Å². The summed E-state index contributed by atoms with van der Waals surface area (Å²) in [6, 6.07) is 11.2. The van der Waals surface area contributed by atoms with Crippen LogP contribution in [-0.4, -0.2) is 28.7 Å². The molecule has 1 heterocycles. The van der Waals surface area contributed by atoms with E-state index in [4.69, 9.17) is 0 Å². The number of sulfonamides is 1. The van der Waals surface area contributed by atoms with Gasteiger partial charge < -0.3 is 5.11 Å². The Morgan fingerprint density at radius 2 is 1.96 bits per heavy atom. The number of rotatable bonds is 5. The topological polar surface area (TPSA) is 108 Å². The van der Waals surface area contributed by atoms with Crippen LogP contribution in [0, 0.1) is 6.92 Å². The molecule has 9 heteroatoms. The summed E-state index contributed by atoms with van der Waals surface area (Å²) in [5.74, 6) is 0.0385. The Bertz CT molecular complexity index is 942. The van der Waals surface area contributed by atoms with Gasteiger partial charge in [0.1, 0.15) is 12.1 Å². The summed E-state index contributed by atoms with van der Waals surface area (Å²) in [5.41, 5.74) is 0.993. The standard InChI is InChI=1S/C15H14N4O3S2/c1-10-7-13(20)14(23-15-16-9-17-18-15)8-12(10)19-24(21,22)11-5-3-2-4-6-11/h2-9,19-20H,1H3,(H,16,17,18). The normalized spacial score (nSPS) is 11.4. The molecule has 0 bridgehead atoms. The average molecular weight is 362 g/mol. The number of aromatic amines is 1. The van der Waals surface area contributed by atoms with E-state index in [-0.39, 0.29) is 10.6 Å². The molecule has 0 saturated carbocycles. The van der Waals surface area contributed by atoms with Gasteiger partial charge in [-0.1, -0.05) is 18.2 Å². The van der Waals surface area contributed by atoms with E-state index in [0.717, 1.165) is 11.8 Å². The average Bonchev–Trinajstić information content (AvgIpc) is 3.06. The highest BCUT2D eigenvalue weighted by atomic mass is 32.2. The van der Waals surface area contributed by atoms with Crippen LogP contribution in [0.1, 0.15) is 5.56 Å². The summed E-state index contributed by atoms with van der Waals surface area (Å²) >= 11 is 1.15. The van der Waals surface area contributed by atoms with E-state index in [1.165, 1.54) is 24.5 Å². The fourth-order valence-corrected chi connectivity index (χ4v) is 3.90. The minimum atomic E-state index is -3.70. The van der Waals surface area contributed by atoms with Gasteiger partial charge in [-0.2, -0.15) is 5.10 Å². The maximum atomic E-state index is 12.5. The zero-order valence-corrected chi connectivity index (χ0v) is 14.2. The van der Waals surface area contributed by atoms with Gasteiger partial charge in [0.2, 0.25) is 0 Å². The van der Waals surface area contributed by atoms with E-state index in [0.29, 0.717) is 21.3 Å². The monoisotopic (exact) mass is 362 g/mol. The number of anilines is 1. The summed E-state index contributed by atoms with van der Waals surface area (Å²) in [4.78, 5) is 4.60. The third kappa shape index (κ3) is 3.52. The van der Waals surface area contributed by atoms with Crippen molar-refractivity contribution < 1.29 is 13.5 Å². The van der Waals surface area contributed by atoms with E-state index in [1.807, 2.05) is 0 Å². The van der Waals surface area contributed by atoms with Crippen molar-refractivity contribution in [2.45, 2.75) is 21.9 Å². The molecule has 3 aromatic rings. The second kappa shape index (κ2) is 6.54. The maximum absolute atomic E-state index is 12.5. The second-order valence-corrected chi connectivity index (χ2v) is 7.66. The van der Waals surface area contributed by atoms with Crippen LogP contribution in [0.15, 0.2) is 63.7 Å². The minimum absolute atomic E-state index is 0.0385. The summed E-state index contributed by atoms with van der Waals surface area (Å²) in [5, 5.41) is 17.0. The fraction of sp³-hybridized carbons (Fsp3) is 0.0667. The molecule has 3 N–H and O–H groups in total. The van der Waals surface area contributed by atoms with Crippen molar-refractivity contribution in [3.8, 4) is 5.75 Å². The van der Waals surface area contributed by atoms with Gasteiger partial charge >= 0.3 is 0 Å². The van der Waals surface area contributed by atoms with Crippen molar-refractivity contribution in [2.75, 3.05) is 4.72 Å². The Balaban J connectivity index is 1.93. The maximum Gasteiger partial charge on any atom is 0.261 e. The zero-order chi connectivity index (χ0) is 17.2. The summed E-state index contributed by atoms with van der Waals surface area (Å²) in [6.45, 7) is 1.71. The molecule has 0 saturated heterocycles. The van der Waals surface area contributed by atoms with Crippen molar-refractivity contribution in [1.82, 2.24) is 15.2 Å². The van der Waals surface area contributed by atoms with Gasteiger partial charge in [0.15, 0.2) is 5.16 Å². The Morgan fingerprint density at radius 3 is 2.62 bits per heavy atom. The van der Waals surface area contributed by atoms with E-state index < -0.39 is 10.0 Å². The molecule has 0 aliphatic carbocycles. The van der Waals surface area contributed by atoms with E-state index in [9.17, 15) is 13.5 Å². The molecule has 0 unspecified atom stereocenters. The first-order valence-corrected chi connectivity index (χ1v) is 9.20. The number of aryl methyl sites for hydroxylation is 1. The van der Waals surface area contributed by atoms with Crippen LogP contribution in [-0.2, 0) is 10.0 Å². The highest BCUT2D eigenvalue weighted by Gasteiger charge is 2.17. The smallest absolute Gasteiger partial charge is 0.261 e. The van der Waals surface area contributed by atoms with Gasteiger partial charge in [0.25, 0.3) is 10.0 Å². The van der Waals surface area contributed by atoms with Crippen LogP contribution in [0.25, 0.3) is 0 Å². The number of aromatic hydroxyl groups is 1. The molecule has 0 aliphatic rings. The highest BCUT2D eigenvalue weighted by Crippen LogP contribution is 2.36. The lowest BCUT2D eigenvalue weighted by molar-refractivity contribution is 0.462. The molecule has 2 aromatic carbocycles. The minimum Gasteiger partial charge on any atom is -0.507 e. The number of hydrogen-bond donors (Lipinski definition) is 3. The largest absolute Gasteiger partial charge is 0.507 e. The lowest BCUT2D eigenvalue weighted by Gasteiger charge is -2.13. The van der Waals surface area contributed by atoms with Crippen molar-refractivity contribution in [2.24, 2.45) is 0 Å². The molecule has 0 amide bonds. The van der Waals surface area contributed by atoms with Crippen LogP contribution < -0.4 is 4.72 Å². The van der Waals surface area contributed by atoms with E-state index >= 15 is 0 Å². The highest BCUT2D eigenvalue weighted by molar-refractivity contribution is 7.99. The number of phenols is 1. The number of H-pyrrole nitrogens is 1. The number of hydrogen-bond acceptors (Lipinski definition) is 6. The molecule has 0 aliphatic heterocycles. The molecular formula is C15H14N4O3S2. The van der Waals surface area contributed by atoms with Gasteiger partial charge in [-0.25, -0.2) is 13.4 Å². The molecule has 124 valence electrons. The fourth-order valence-electron chi connectivity index (χ4n) is 2.02. The molecule has 7 nitrogen and oxygen atoms in total. The predicted molar refractivity (Wildman–Crippen MR) is 90.6 cm³/mol. The summed E-state index contributed by atoms with van der Waals surface area (Å²) < 4.78 is 27.5. The molecule has 0 fully saturated rings. The second-order valence-electron chi connectivity index (χ2n) is 4.95. The van der Waals surface area contributed by atoms with Crippen LogP contribution in [0.3, 0.4) is 0 Å². The quantitative estimate of drug-likeness (QED) is 0.602. The van der Waals surface area contributed by atoms with Crippen molar-refractivity contribution in [3.05, 3.63) is 54.4 Å². The van der Waals surface area contributed by atoms with Crippen LogP contribution in [0.4, 0.5) is 5.69 Å². The third-order valence-electron chi connectivity index (χ3n) is 3.20. The van der Waals surface area contributed by atoms with Crippen LogP contribution in [0.2, 0.25) is 0 Å². The van der Waals surface area contributed by atoms with Crippen LogP contribution >= 0.6 is 11.8 Å². The molecule has 3 rings (SSSR count). The molecule has 0 radical (unpaired) electrons. The Kier molecular flexibility index (Phi) is 4.45. The first-order valence-electron chi connectivity index (χ1n) is 6.90. The SMILES string of the molecule is Cc1cc(O)c(Sc2ncn[nH]2)cc1NS(=O)(=O)c1ccccc1. The van der Waals surface area contributed by atoms with Gasteiger partial charge in [-0.15, -0.1) is 0 Å². The molecule has 24 heavy (non-hydrogen) atoms. The number of phenolic OH excluding ortho intramolecular Hbond substituents is 1. The first-order chi connectivity index (χ1) is 11.5. The van der Waals surface area contributed by atoms with Crippen molar-refractivity contribution in [3.63, 3.8) is 0 Å². The first kappa shape index (κ1) is 16.3. The third-order valence-corrected chi connectivity index (χ3v) is 5.52. The number of nitrogens with one attached hydrogen (secondary N) is 2. The molecule has 0 spiro atoms. The molecular weight excluding hydrogens is 348 g/mol. The number of nitrogens with zero attached hydrogens (tertiary/aromatic N) is 2. The molecule has 0 atom stereocenters. The van der Waals surface area contributed by atoms with Gasteiger partial charge in [0, 0.05) is 0 Å². The Hall–Kier alpha value is -2.52. The number of benzene rings is 2. The van der Waals surface area contributed by atoms with Gasteiger partial charge in [-0.3, -0.25) is 9.82 Å². The zero-order valence-electron chi connectivity index (χ0n) is 12.6. The summed E-state index contributed by atoms with van der Waals surface area (Å²) in [6.07, 6.45) is 1.35. The van der Waals surface area contributed by atoms with E-state index in [2.05, 4.69) is 19.9 Å². The summed E-state index contributed by atoms with van der Waals surface area (Å²) in [7, 11) is -3.70. The van der Waals surface area contributed by atoms with Crippen molar-refractivity contribution >= 4 is 27.5 Å². The lowest BCUT2D eigenvalue weighted by Crippen LogP contribution is -2.13. The lowest BCUT2D eigenvalue weighted by atomic mass is 10.2. The Labute approximate surface area is 143 Å². The van der Waals surface area contributed by atoms with Gasteiger partial charge in [-0.05, 0) is 48.5 Å². The van der Waals surface area contributed by atoms with Crippen LogP contribution in [0.5, 0.6) is 5.75 Å². The number of aromatic nitrogens is 3. The van der Waals surface area contributed by atoms with Crippen molar-refractivity contribution in [1.29, 1.82) is 0 Å².